The number of carbonyl (C=O) groups excluding carboxylic acids is 3. The van der Waals surface area contributed by atoms with Crippen molar-refractivity contribution in [3.63, 3.8) is 0 Å². The molecular weight excluding hydrogens is 442 g/mol. The molecule has 0 aliphatic rings. The minimum Gasteiger partial charge on any atom is -0.423 e. The van der Waals surface area contributed by atoms with Gasteiger partial charge in [0.1, 0.15) is 5.75 Å². The zero-order valence-electron chi connectivity index (χ0n) is 18.5. The van der Waals surface area contributed by atoms with Gasteiger partial charge in [0, 0.05) is 17.1 Å². The highest BCUT2D eigenvalue weighted by Gasteiger charge is 2.14. The van der Waals surface area contributed by atoms with Crippen molar-refractivity contribution in [1.82, 2.24) is 5.43 Å². The fourth-order valence-corrected chi connectivity index (χ4v) is 3.23. The van der Waals surface area contributed by atoms with Crippen LogP contribution in [0.25, 0.3) is 16.8 Å². The Hall–Kier alpha value is -5.04. The lowest BCUT2D eigenvalue weighted by Gasteiger charge is -2.07. The summed E-state index contributed by atoms with van der Waals surface area (Å²) in [7, 11) is 0. The van der Waals surface area contributed by atoms with Gasteiger partial charge in [-0.2, -0.15) is 5.10 Å². The van der Waals surface area contributed by atoms with E-state index in [1.165, 1.54) is 12.3 Å². The minimum absolute atomic E-state index is 0.364. The molecule has 0 aliphatic heterocycles. The van der Waals surface area contributed by atoms with Gasteiger partial charge in [0.25, 0.3) is 0 Å². The van der Waals surface area contributed by atoms with Crippen molar-refractivity contribution in [3.05, 3.63) is 114 Å². The van der Waals surface area contributed by atoms with Crippen molar-refractivity contribution >= 4 is 46.5 Å². The zero-order chi connectivity index (χ0) is 24.5. The molecule has 35 heavy (non-hydrogen) atoms. The van der Waals surface area contributed by atoms with Crippen LogP contribution in [0.5, 0.6) is 5.75 Å². The van der Waals surface area contributed by atoms with E-state index < -0.39 is 17.8 Å². The fourth-order valence-electron chi connectivity index (χ4n) is 3.23. The van der Waals surface area contributed by atoms with E-state index in [2.05, 4.69) is 15.8 Å². The molecule has 0 aliphatic carbocycles. The summed E-state index contributed by atoms with van der Waals surface area (Å²) in [5.41, 5.74) is 4.27. The molecule has 2 N–H and O–H groups in total. The molecule has 4 rings (SSSR count). The molecule has 0 unspecified atom stereocenters. The number of ether oxygens (including phenoxy) is 1. The summed E-state index contributed by atoms with van der Waals surface area (Å²) >= 11 is 0. The first-order valence-corrected chi connectivity index (χ1v) is 10.8. The Morgan fingerprint density at radius 3 is 2.23 bits per heavy atom. The van der Waals surface area contributed by atoms with E-state index in [-0.39, 0.29) is 0 Å². The van der Waals surface area contributed by atoms with E-state index in [0.29, 0.717) is 17.0 Å². The number of hydrazone groups is 1. The van der Waals surface area contributed by atoms with Gasteiger partial charge in [0.05, 0.1) is 6.21 Å². The number of rotatable bonds is 6. The van der Waals surface area contributed by atoms with Gasteiger partial charge in [0.2, 0.25) is 0 Å². The molecule has 0 radical (unpaired) electrons. The van der Waals surface area contributed by atoms with Crippen molar-refractivity contribution in [1.29, 1.82) is 0 Å². The highest BCUT2D eigenvalue weighted by molar-refractivity contribution is 6.40. The molecule has 4 aromatic rings. The average Bonchev–Trinajstić information content (AvgIpc) is 2.89. The SMILES string of the molecule is O=C(C=Cc1ccccc1)Oc1ccc(C=NNC(=O)C(=O)Nc2cccc3ccccc23)cc1. The molecular formula is C28H21N3O4. The molecule has 7 heteroatoms. The first-order chi connectivity index (χ1) is 17.1. The predicted molar refractivity (Wildman–Crippen MR) is 136 cm³/mol. The van der Waals surface area contributed by atoms with Crippen LogP contribution in [0, 0.1) is 0 Å². The van der Waals surface area contributed by atoms with Crippen LogP contribution in [0.3, 0.4) is 0 Å². The van der Waals surface area contributed by atoms with Crippen LogP contribution in [0.4, 0.5) is 5.69 Å². The summed E-state index contributed by atoms with van der Waals surface area (Å²) in [6.45, 7) is 0. The number of benzene rings is 4. The average molecular weight is 463 g/mol. The second-order valence-corrected chi connectivity index (χ2v) is 7.41. The molecule has 4 aromatic carbocycles. The Morgan fingerprint density at radius 2 is 1.43 bits per heavy atom. The number of anilines is 1. The van der Waals surface area contributed by atoms with Gasteiger partial charge in [-0.1, -0.05) is 66.7 Å². The van der Waals surface area contributed by atoms with Gasteiger partial charge >= 0.3 is 17.8 Å². The normalized spacial score (nSPS) is 11.0. The lowest BCUT2D eigenvalue weighted by Crippen LogP contribution is -2.32. The first kappa shape index (κ1) is 23.1. The van der Waals surface area contributed by atoms with E-state index in [0.717, 1.165) is 16.3 Å². The maximum Gasteiger partial charge on any atom is 0.336 e. The highest BCUT2D eigenvalue weighted by atomic mass is 16.5. The fraction of sp³-hybridized carbons (Fsp3) is 0. The van der Waals surface area contributed by atoms with E-state index in [4.69, 9.17) is 4.74 Å². The largest absolute Gasteiger partial charge is 0.423 e. The van der Waals surface area contributed by atoms with E-state index >= 15 is 0 Å². The van der Waals surface area contributed by atoms with Gasteiger partial charge in [-0.25, -0.2) is 10.2 Å². The third-order valence-electron chi connectivity index (χ3n) is 4.93. The molecule has 0 fully saturated rings. The minimum atomic E-state index is -0.898. The Morgan fingerprint density at radius 1 is 0.714 bits per heavy atom. The number of fused-ring (bicyclic) bond motifs is 1. The van der Waals surface area contributed by atoms with Gasteiger partial charge in [-0.15, -0.1) is 0 Å². The lowest BCUT2D eigenvalue weighted by atomic mass is 10.1. The number of esters is 1. The van der Waals surface area contributed by atoms with Crippen LogP contribution in [0.2, 0.25) is 0 Å². The van der Waals surface area contributed by atoms with Crippen LogP contribution in [0.15, 0.2) is 108 Å². The van der Waals surface area contributed by atoms with E-state index in [1.54, 1.807) is 42.5 Å². The van der Waals surface area contributed by atoms with Gasteiger partial charge in [-0.3, -0.25) is 9.59 Å². The third kappa shape index (κ3) is 6.49. The monoisotopic (exact) mass is 463 g/mol. The Balaban J connectivity index is 1.28. The van der Waals surface area contributed by atoms with Crippen molar-refractivity contribution in [2.24, 2.45) is 5.10 Å². The maximum atomic E-state index is 12.2. The predicted octanol–water partition coefficient (Wildman–Crippen LogP) is 4.55. The maximum absolute atomic E-state index is 12.2. The standard InChI is InChI=1S/C28H21N3O4/c32-26(18-15-20-7-2-1-3-8-20)35-23-16-13-21(14-17-23)19-29-31-28(34)27(33)30-25-12-6-10-22-9-4-5-11-24(22)25/h1-19H,(H,30,33)(H,31,34). The van der Waals surface area contributed by atoms with Crippen LogP contribution >= 0.6 is 0 Å². The molecule has 7 nitrogen and oxygen atoms in total. The lowest BCUT2D eigenvalue weighted by molar-refractivity contribution is -0.136. The summed E-state index contributed by atoms with van der Waals surface area (Å²) in [6, 6.07) is 28.9. The number of amides is 2. The van der Waals surface area contributed by atoms with Gasteiger partial charge in [-0.05, 0) is 52.9 Å². The Labute approximate surface area is 201 Å². The Bertz CT molecular complexity index is 1410. The topological polar surface area (TPSA) is 96.9 Å². The van der Waals surface area contributed by atoms with Crippen LogP contribution in [0.1, 0.15) is 11.1 Å². The summed E-state index contributed by atoms with van der Waals surface area (Å²) in [6.07, 6.45) is 4.40. The van der Waals surface area contributed by atoms with Crippen molar-refractivity contribution in [2.45, 2.75) is 0 Å². The number of hydrogen-bond donors (Lipinski definition) is 2. The molecule has 0 bridgehead atoms. The first-order valence-electron chi connectivity index (χ1n) is 10.8. The molecule has 0 spiro atoms. The van der Waals surface area contributed by atoms with Gasteiger partial charge in [0.15, 0.2) is 0 Å². The number of nitrogens with zero attached hydrogens (tertiary/aromatic N) is 1. The summed E-state index contributed by atoms with van der Waals surface area (Å²) in [5, 5.41) is 8.20. The molecule has 0 aromatic heterocycles. The van der Waals surface area contributed by atoms with E-state index in [1.807, 2.05) is 60.7 Å². The Kier molecular flexibility index (Phi) is 7.40. The molecule has 0 saturated carbocycles. The zero-order valence-corrected chi connectivity index (χ0v) is 18.5. The van der Waals surface area contributed by atoms with Gasteiger partial charge < -0.3 is 10.1 Å². The van der Waals surface area contributed by atoms with Crippen LogP contribution in [-0.2, 0) is 14.4 Å². The molecule has 0 heterocycles. The van der Waals surface area contributed by atoms with Crippen molar-refractivity contribution in [2.75, 3.05) is 5.32 Å². The van der Waals surface area contributed by atoms with E-state index in [9.17, 15) is 14.4 Å². The van der Waals surface area contributed by atoms with Crippen molar-refractivity contribution in [3.8, 4) is 5.75 Å². The number of nitrogens with one attached hydrogen (secondary N) is 2. The smallest absolute Gasteiger partial charge is 0.336 e. The molecule has 2 amide bonds. The molecule has 0 saturated heterocycles. The number of carbonyl (C=O) groups is 3. The van der Waals surface area contributed by atoms with Crippen LogP contribution in [-0.4, -0.2) is 24.0 Å². The van der Waals surface area contributed by atoms with Crippen molar-refractivity contribution < 1.29 is 19.1 Å². The third-order valence-corrected chi connectivity index (χ3v) is 4.93. The molecule has 0 atom stereocenters. The summed E-state index contributed by atoms with van der Waals surface area (Å²) in [5.74, 6) is -1.86. The number of hydrogen-bond acceptors (Lipinski definition) is 5. The molecule has 172 valence electrons. The second-order valence-electron chi connectivity index (χ2n) is 7.41. The second kappa shape index (κ2) is 11.2. The summed E-state index contributed by atoms with van der Waals surface area (Å²) < 4.78 is 5.26. The quantitative estimate of drug-likeness (QED) is 0.110. The highest BCUT2D eigenvalue weighted by Crippen LogP contribution is 2.22. The van der Waals surface area contributed by atoms with Crippen LogP contribution < -0.4 is 15.5 Å². The summed E-state index contributed by atoms with van der Waals surface area (Å²) in [4.78, 5) is 36.3.